The van der Waals surface area contributed by atoms with Crippen LogP contribution in [0.1, 0.15) is 12.5 Å². The highest BCUT2D eigenvalue weighted by Crippen LogP contribution is 2.10. The second kappa shape index (κ2) is 3.30. The predicted octanol–water partition coefficient (Wildman–Crippen LogP) is 2.34. The molecule has 0 aliphatic rings. The van der Waals surface area contributed by atoms with Gasteiger partial charge in [-0.15, -0.1) is 0 Å². The second-order valence-electron chi connectivity index (χ2n) is 2.34. The summed E-state index contributed by atoms with van der Waals surface area (Å²) in [4.78, 5) is 7.63. The zero-order valence-electron chi connectivity index (χ0n) is 11.5. The summed E-state index contributed by atoms with van der Waals surface area (Å²) < 4.78 is 39.0. The van der Waals surface area contributed by atoms with Crippen molar-refractivity contribution in [2.45, 2.75) is 6.85 Å². The first-order chi connectivity index (χ1) is 8.30. The van der Waals surface area contributed by atoms with Crippen molar-refractivity contribution in [3.63, 3.8) is 0 Å². The largest absolute Gasteiger partial charge is 0.290 e. The Hall–Kier alpha value is -1.16. The Morgan fingerprint density at radius 1 is 1.54 bits per heavy atom. The minimum Gasteiger partial charge on any atom is -0.290 e. The lowest BCUT2D eigenvalue weighted by Crippen LogP contribution is -1.92. The molecule has 13 heavy (non-hydrogen) atoms. The number of aryl methyl sites for hydroxylation is 1. The van der Waals surface area contributed by atoms with E-state index in [0.29, 0.717) is 0 Å². The zero-order chi connectivity index (χ0) is 13.5. The monoisotopic (exact) mass is 242 g/mol. The lowest BCUT2D eigenvalue weighted by Gasteiger charge is -1.99. The van der Waals surface area contributed by atoms with Gasteiger partial charge in [-0.1, -0.05) is 0 Å². The summed E-state index contributed by atoms with van der Waals surface area (Å²) in [6, 6.07) is 3.27. The molecule has 2 heterocycles. The van der Waals surface area contributed by atoms with E-state index in [2.05, 4.69) is 25.9 Å². The standard InChI is InChI=1S/C9H8BrN3/c1-7-5-13(6-12-7)9-3-2-8(10)4-11-9/h2-6H,1H3/i1D3,5D,6D. The average molecular weight is 243 g/mol. The molecule has 2 aromatic rings. The number of pyridine rings is 1. The molecule has 0 unspecified atom stereocenters. The topological polar surface area (TPSA) is 30.7 Å². The van der Waals surface area contributed by atoms with Crippen molar-refractivity contribution in [3.8, 4) is 5.82 Å². The smallest absolute Gasteiger partial charge is 0.137 e. The third-order valence-electron chi connectivity index (χ3n) is 1.42. The summed E-state index contributed by atoms with van der Waals surface area (Å²) >= 11 is 3.22. The molecule has 0 N–H and O–H groups in total. The van der Waals surface area contributed by atoms with Crippen molar-refractivity contribution in [1.82, 2.24) is 14.5 Å². The molecule has 2 rings (SSSR count). The lowest BCUT2D eigenvalue weighted by molar-refractivity contribution is 0.990. The van der Waals surface area contributed by atoms with E-state index in [9.17, 15) is 0 Å². The summed E-state index contributed by atoms with van der Waals surface area (Å²) in [5, 5.41) is 0. The van der Waals surface area contributed by atoms with Crippen LogP contribution in [-0.2, 0) is 0 Å². The summed E-state index contributed by atoms with van der Waals surface area (Å²) in [5.74, 6) is 0.288. The van der Waals surface area contributed by atoms with Crippen LogP contribution >= 0.6 is 15.9 Å². The van der Waals surface area contributed by atoms with E-state index >= 15 is 0 Å². The predicted molar refractivity (Wildman–Crippen MR) is 53.8 cm³/mol. The van der Waals surface area contributed by atoms with Crippen LogP contribution in [0, 0.1) is 6.85 Å². The van der Waals surface area contributed by atoms with E-state index in [-0.39, 0.29) is 18.3 Å². The van der Waals surface area contributed by atoms with E-state index in [0.717, 1.165) is 9.04 Å². The minimum atomic E-state index is -2.51. The Balaban J connectivity index is 2.59. The zero-order valence-corrected chi connectivity index (χ0v) is 8.04. The Morgan fingerprint density at radius 2 is 2.46 bits per heavy atom. The molecule has 0 radical (unpaired) electrons. The molecule has 2 aromatic heterocycles. The van der Waals surface area contributed by atoms with Gasteiger partial charge >= 0.3 is 0 Å². The number of nitrogens with zero attached hydrogens (tertiary/aromatic N) is 3. The van der Waals surface area contributed by atoms with Crippen molar-refractivity contribution < 1.29 is 6.85 Å². The quantitative estimate of drug-likeness (QED) is 0.769. The molecule has 0 saturated carbocycles. The van der Waals surface area contributed by atoms with Crippen LogP contribution in [0.15, 0.2) is 35.3 Å². The second-order valence-corrected chi connectivity index (χ2v) is 3.26. The van der Waals surface area contributed by atoms with Gasteiger partial charge in [0.05, 0.1) is 7.06 Å². The molecule has 0 saturated heterocycles. The van der Waals surface area contributed by atoms with E-state index in [1.807, 2.05) is 0 Å². The van der Waals surface area contributed by atoms with Crippen LogP contribution < -0.4 is 0 Å². The van der Waals surface area contributed by atoms with Crippen LogP contribution in [0.2, 0.25) is 0 Å². The Labute approximate surface area is 91.6 Å². The number of hydrogen-bond donors (Lipinski definition) is 0. The van der Waals surface area contributed by atoms with Gasteiger partial charge in [-0.05, 0) is 34.9 Å². The van der Waals surface area contributed by atoms with Gasteiger partial charge in [-0.3, -0.25) is 4.57 Å². The third kappa shape index (κ3) is 1.78. The highest BCUT2D eigenvalue weighted by molar-refractivity contribution is 9.10. The molecule has 0 aromatic carbocycles. The Bertz CT molecular complexity index is 575. The van der Waals surface area contributed by atoms with Gasteiger partial charge in [0.2, 0.25) is 0 Å². The summed E-state index contributed by atoms with van der Waals surface area (Å²) in [5.41, 5.74) is -0.391. The maximum absolute atomic E-state index is 7.78. The van der Waals surface area contributed by atoms with E-state index in [4.69, 9.17) is 6.85 Å². The fourth-order valence-electron chi connectivity index (χ4n) is 0.865. The highest BCUT2D eigenvalue weighted by atomic mass is 79.9. The van der Waals surface area contributed by atoms with Gasteiger partial charge in [0.1, 0.15) is 13.5 Å². The molecule has 3 nitrogen and oxygen atoms in total. The SMILES string of the molecule is [2H]c1nc(C([2H])([2H])[2H])c([2H])n1-c1ccc(Br)cn1. The van der Waals surface area contributed by atoms with Crippen molar-refractivity contribution in [3.05, 3.63) is 41.0 Å². The summed E-state index contributed by atoms with van der Waals surface area (Å²) in [6.07, 6.45) is 0.847. The maximum Gasteiger partial charge on any atom is 0.137 e. The Morgan fingerprint density at radius 3 is 3.08 bits per heavy atom. The number of imidazole rings is 1. The number of halogens is 1. The van der Waals surface area contributed by atoms with Crippen molar-refractivity contribution in [2.24, 2.45) is 0 Å². The van der Waals surface area contributed by atoms with Gasteiger partial charge in [-0.25, -0.2) is 9.97 Å². The number of rotatable bonds is 1. The van der Waals surface area contributed by atoms with Crippen LogP contribution in [0.5, 0.6) is 0 Å². The van der Waals surface area contributed by atoms with E-state index in [1.54, 1.807) is 12.1 Å². The van der Waals surface area contributed by atoms with Gasteiger partial charge < -0.3 is 0 Å². The molecule has 0 atom stereocenters. The molecule has 0 fully saturated rings. The normalized spacial score (nSPS) is 16.8. The third-order valence-corrected chi connectivity index (χ3v) is 1.89. The van der Waals surface area contributed by atoms with Crippen LogP contribution in [0.4, 0.5) is 0 Å². The molecular formula is C9H8BrN3. The molecule has 0 amide bonds. The highest BCUT2D eigenvalue weighted by Gasteiger charge is 1.97. The van der Waals surface area contributed by atoms with Gasteiger partial charge in [0, 0.05) is 21.0 Å². The minimum absolute atomic E-state index is 0.288. The summed E-state index contributed by atoms with van der Waals surface area (Å²) in [6.45, 7) is -2.51. The Kier molecular flexibility index (Phi) is 1.11. The number of aromatic nitrogens is 3. The van der Waals surface area contributed by atoms with Crippen LogP contribution in [-0.4, -0.2) is 14.5 Å². The molecule has 0 aliphatic carbocycles. The summed E-state index contributed by atoms with van der Waals surface area (Å²) in [7, 11) is 0. The van der Waals surface area contributed by atoms with Gasteiger partial charge in [0.15, 0.2) is 0 Å². The van der Waals surface area contributed by atoms with Crippen molar-refractivity contribution >= 4 is 15.9 Å². The molecule has 0 spiro atoms. The molecule has 4 heteroatoms. The van der Waals surface area contributed by atoms with Crippen molar-refractivity contribution in [1.29, 1.82) is 0 Å². The van der Waals surface area contributed by atoms with Gasteiger partial charge in [-0.2, -0.15) is 0 Å². The number of hydrogen-bond acceptors (Lipinski definition) is 2. The molecule has 0 aliphatic heterocycles. The first-order valence-electron chi connectivity index (χ1n) is 5.99. The molecular weight excluding hydrogens is 230 g/mol. The van der Waals surface area contributed by atoms with E-state index in [1.165, 1.54) is 6.20 Å². The van der Waals surface area contributed by atoms with Crippen LogP contribution in [0.3, 0.4) is 0 Å². The van der Waals surface area contributed by atoms with Gasteiger partial charge in [0.25, 0.3) is 0 Å². The van der Waals surface area contributed by atoms with Crippen molar-refractivity contribution in [2.75, 3.05) is 0 Å². The fourth-order valence-corrected chi connectivity index (χ4v) is 1.10. The first-order valence-corrected chi connectivity index (χ1v) is 4.28. The molecule has 66 valence electrons. The van der Waals surface area contributed by atoms with Crippen LogP contribution in [0.25, 0.3) is 5.82 Å². The lowest BCUT2D eigenvalue weighted by atomic mass is 10.4. The fraction of sp³-hybridized carbons (Fsp3) is 0.111. The maximum atomic E-state index is 7.78. The molecule has 0 bridgehead atoms. The average Bonchev–Trinajstić information content (AvgIpc) is 2.56. The van der Waals surface area contributed by atoms with E-state index < -0.39 is 12.5 Å². The first kappa shape index (κ1) is 4.37.